The summed E-state index contributed by atoms with van der Waals surface area (Å²) in [6, 6.07) is 0. The van der Waals surface area contributed by atoms with Gasteiger partial charge in [0.1, 0.15) is 0 Å². The van der Waals surface area contributed by atoms with Gasteiger partial charge in [0.25, 0.3) is 0 Å². The summed E-state index contributed by atoms with van der Waals surface area (Å²) >= 11 is 0. The van der Waals surface area contributed by atoms with Gasteiger partial charge in [0.15, 0.2) is 8.24 Å². The molecule has 1 fully saturated rings. The summed E-state index contributed by atoms with van der Waals surface area (Å²) in [5, 5.41) is 0. The highest BCUT2D eigenvalue weighted by molar-refractivity contribution is 6.82. The lowest BCUT2D eigenvalue weighted by atomic mass is 9.77. The van der Waals surface area contributed by atoms with Crippen LogP contribution in [0.2, 0.25) is 16.6 Å². The number of carbonyl (C=O) groups is 1. The maximum Gasteiger partial charge on any atom is 0.223 e. The summed E-state index contributed by atoms with van der Waals surface area (Å²) in [6.07, 6.45) is 8.85. The van der Waals surface area contributed by atoms with E-state index in [4.69, 9.17) is 0 Å². The minimum absolute atomic E-state index is 0.0465. The Labute approximate surface area is 167 Å². The largest absolute Gasteiger partial charge is 0.379 e. The minimum Gasteiger partial charge on any atom is -0.379 e. The number of rotatable bonds is 6. The smallest absolute Gasteiger partial charge is 0.223 e. The molecule has 1 amide bonds. The Morgan fingerprint density at radius 2 is 1.56 bits per heavy atom. The number of fused-ring (bicyclic) bond motifs is 3. The molecular formula is C23H40N2OSi. The van der Waals surface area contributed by atoms with Crippen LogP contribution < -0.4 is 0 Å². The van der Waals surface area contributed by atoms with E-state index in [1.807, 2.05) is 0 Å². The van der Waals surface area contributed by atoms with Crippen LogP contribution in [-0.2, 0) is 16.8 Å². The van der Waals surface area contributed by atoms with E-state index in [1.165, 1.54) is 11.1 Å². The lowest BCUT2D eigenvalue weighted by molar-refractivity contribution is -0.132. The van der Waals surface area contributed by atoms with Crippen molar-refractivity contribution in [3.8, 4) is 0 Å². The van der Waals surface area contributed by atoms with Crippen molar-refractivity contribution in [2.24, 2.45) is 5.92 Å². The maximum absolute atomic E-state index is 12.7. The molecule has 3 nitrogen and oxygen atoms in total. The van der Waals surface area contributed by atoms with Gasteiger partial charge in [-0.25, -0.2) is 0 Å². The van der Waals surface area contributed by atoms with Gasteiger partial charge in [-0.1, -0.05) is 55.4 Å². The van der Waals surface area contributed by atoms with E-state index in [-0.39, 0.29) is 5.54 Å². The monoisotopic (exact) mass is 388 g/mol. The second-order valence-corrected chi connectivity index (χ2v) is 16.1. The molecule has 2 aliphatic rings. The Balaban J connectivity index is 2.18. The molecule has 0 unspecified atom stereocenters. The first kappa shape index (κ1) is 20.7. The van der Waals surface area contributed by atoms with Gasteiger partial charge in [0.05, 0.1) is 5.54 Å². The van der Waals surface area contributed by atoms with Crippen molar-refractivity contribution in [2.75, 3.05) is 6.54 Å². The first-order valence-corrected chi connectivity index (χ1v) is 13.3. The van der Waals surface area contributed by atoms with Gasteiger partial charge in [0, 0.05) is 19.2 Å². The maximum atomic E-state index is 12.7. The van der Waals surface area contributed by atoms with E-state index in [2.05, 4.69) is 76.9 Å². The lowest BCUT2D eigenvalue weighted by Gasteiger charge is -2.45. The molecule has 1 aromatic heterocycles. The fraction of sp³-hybridized carbons (Fsp3) is 0.783. The number of hydrogen-bond acceptors (Lipinski definition) is 1. The van der Waals surface area contributed by atoms with Crippen LogP contribution in [0.15, 0.2) is 12.4 Å². The Morgan fingerprint density at radius 1 is 0.963 bits per heavy atom. The second kappa shape index (κ2) is 7.09. The fourth-order valence-electron chi connectivity index (χ4n) is 6.90. The SMILES string of the molecule is CC(C)C[C@]12CCC(=O)N1CCc1cn([Si](C(C)C)(C(C)C)C(C)C)cc12. The molecule has 0 spiro atoms. The molecule has 0 saturated carbocycles. The molecule has 0 aliphatic carbocycles. The topological polar surface area (TPSA) is 25.2 Å². The third-order valence-corrected chi connectivity index (χ3v) is 14.3. The van der Waals surface area contributed by atoms with Crippen LogP contribution in [0.3, 0.4) is 0 Å². The molecule has 1 saturated heterocycles. The van der Waals surface area contributed by atoms with Crippen molar-refractivity contribution in [3.63, 3.8) is 0 Å². The zero-order chi connectivity index (χ0) is 20.1. The highest BCUT2D eigenvalue weighted by Crippen LogP contribution is 2.50. The van der Waals surface area contributed by atoms with Crippen molar-refractivity contribution < 1.29 is 4.79 Å². The molecule has 0 N–H and O–H groups in total. The molecule has 4 heteroatoms. The summed E-state index contributed by atoms with van der Waals surface area (Å²) in [4.78, 5) is 14.9. The van der Waals surface area contributed by atoms with Gasteiger partial charge in [-0.2, -0.15) is 0 Å². The van der Waals surface area contributed by atoms with Gasteiger partial charge >= 0.3 is 0 Å². The van der Waals surface area contributed by atoms with Crippen molar-refractivity contribution >= 4 is 14.1 Å². The van der Waals surface area contributed by atoms with Crippen LogP contribution in [0.4, 0.5) is 0 Å². The first-order chi connectivity index (χ1) is 12.6. The number of hydrogen-bond donors (Lipinski definition) is 0. The minimum atomic E-state index is -1.74. The Bertz CT molecular complexity index is 681. The number of nitrogens with zero attached hydrogens (tertiary/aromatic N) is 2. The number of carbonyl (C=O) groups excluding carboxylic acids is 1. The highest BCUT2D eigenvalue weighted by atomic mass is 28.3. The van der Waals surface area contributed by atoms with E-state index < -0.39 is 8.24 Å². The molecule has 1 atom stereocenters. The van der Waals surface area contributed by atoms with Gasteiger partial charge in [-0.3, -0.25) is 4.79 Å². The molecule has 3 rings (SSSR count). The number of amides is 1. The fourth-order valence-corrected chi connectivity index (χ4v) is 13.4. The predicted octanol–water partition coefficient (Wildman–Crippen LogP) is 5.93. The summed E-state index contributed by atoms with van der Waals surface area (Å²) in [5.74, 6) is 0.962. The van der Waals surface area contributed by atoms with Crippen LogP contribution in [0.1, 0.15) is 85.8 Å². The molecule has 0 aromatic carbocycles. The van der Waals surface area contributed by atoms with Crippen LogP contribution in [0, 0.1) is 5.92 Å². The van der Waals surface area contributed by atoms with Crippen LogP contribution in [0.5, 0.6) is 0 Å². The first-order valence-electron chi connectivity index (χ1n) is 11.1. The molecule has 152 valence electrons. The summed E-state index contributed by atoms with van der Waals surface area (Å²) in [6.45, 7) is 20.1. The zero-order valence-electron chi connectivity index (χ0n) is 18.8. The quantitative estimate of drug-likeness (QED) is 0.554. The van der Waals surface area contributed by atoms with Gasteiger partial charge in [-0.15, -0.1) is 0 Å². The average molecular weight is 389 g/mol. The Morgan fingerprint density at radius 3 is 2.07 bits per heavy atom. The highest BCUT2D eigenvalue weighted by Gasteiger charge is 2.52. The Hall–Kier alpha value is -1.03. The molecule has 3 heterocycles. The normalized spacial score (nSPS) is 23.1. The standard InChI is InChI=1S/C23H40N2OSi/c1-16(2)13-23-11-9-22(26)25(23)12-10-20-14-24(15-21(20)23)27(17(3)4,18(5)6)19(7)8/h14-19H,9-13H2,1-8H3/t23-/m0/s1. The molecule has 0 bridgehead atoms. The van der Waals surface area contributed by atoms with E-state index >= 15 is 0 Å². The number of aromatic nitrogens is 1. The summed E-state index contributed by atoms with van der Waals surface area (Å²) in [7, 11) is -1.74. The summed E-state index contributed by atoms with van der Waals surface area (Å²) in [5.41, 5.74) is 5.01. The van der Waals surface area contributed by atoms with Gasteiger partial charge in [-0.05, 0) is 59.1 Å². The van der Waals surface area contributed by atoms with E-state index in [9.17, 15) is 4.79 Å². The second-order valence-electron chi connectivity index (χ2n) is 10.4. The van der Waals surface area contributed by atoms with E-state index in [1.54, 1.807) is 0 Å². The summed E-state index contributed by atoms with van der Waals surface area (Å²) < 4.78 is 2.70. The van der Waals surface area contributed by atoms with Crippen molar-refractivity contribution in [1.82, 2.24) is 9.13 Å². The van der Waals surface area contributed by atoms with E-state index in [0.717, 1.165) is 32.2 Å². The molecular weight excluding hydrogens is 348 g/mol. The third kappa shape index (κ3) is 2.94. The molecule has 2 aliphatic heterocycles. The van der Waals surface area contributed by atoms with Crippen LogP contribution in [0.25, 0.3) is 0 Å². The zero-order valence-corrected chi connectivity index (χ0v) is 19.8. The average Bonchev–Trinajstić information content (AvgIpc) is 3.09. The van der Waals surface area contributed by atoms with Crippen LogP contribution in [-0.4, -0.2) is 29.8 Å². The lowest BCUT2D eigenvalue weighted by Crippen LogP contribution is -2.51. The van der Waals surface area contributed by atoms with Crippen molar-refractivity contribution in [2.45, 2.75) is 103 Å². The van der Waals surface area contributed by atoms with Crippen molar-refractivity contribution in [3.05, 3.63) is 23.5 Å². The van der Waals surface area contributed by atoms with E-state index in [0.29, 0.717) is 28.4 Å². The molecule has 27 heavy (non-hydrogen) atoms. The van der Waals surface area contributed by atoms with Crippen LogP contribution >= 0.6 is 0 Å². The Kier molecular flexibility index (Phi) is 5.44. The van der Waals surface area contributed by atoms with Gasteiger partial charge in [0.2, 0.25) is 5.91 Å². The van der Waals surface area contributed by atoms with Crippen molar-refractivity contribution in [1.29, 1.82) is 0 Å². The van der Waals surface area contributed by atoms with Gasteiger partial charge < -0.3 is 9.13 Å². The third-order valence-electron chi connectivity index (χ3n) is 7.55. The molecule has 1 aromatic rings. The molecule has 0 radical (unpaired) electrons. The predicted molar refractivity (Wildman–Crippen MR) is 117 cm³/mol.